The summed E-state index contributed by atoms with van der Waals surface area (Å²) in [6.07, 6.45) is 5.32. The first-order valence-electron chi connectivity index (χ1n) is 13.6. The second kappa shape index (κ2) is 10.4. The second-order valence-electron chi connectivity index (χ2n) is 14.0. The molecule has 2 aromatic carbocycles. The molecule has 0 saturated heterocycles. The summed E-state index contributed by atoms with van der Waals surface area (Å²) in [5.41, 5.74) is 3.75. The summed E-state index contributed by atoms with van der Waals surface area (Å²) < 4.78 is 0. The largest absolute Gasteiger partial charge is 0.507 e. The summed E-state index contributed by atoms with van der Waals surface area (Å²) in [6.45, 7) is 18.8. The predicted molar refractivity (Wildman–Crippen MR) is 156 cm³/mol. The van der Waals surface area contributed by atoms with Crippen molar-refractivity contribution in [2.75, 3.05) is 0 Å². The smallest absolute Gasteiger partial charge is 0.311 e. The van der Waals surface area contributed by atoms with Gasteiger partial charge in [0.15, 0.2) is 0 Å². The number of carboxylic acids is 1. The predicted octanol–water partition coefficient (Wildman–Crippen LogP) is 7.72. The quantitative estimate of drug-likeness (QED) is 0.366. The Morgan fingerprint density at radius 1 is 0.947 bits per heavy atom. The summed E-state index contributed by atoms with van der Waals surface area (Å²) in [7, 11) is 0. The lowest BCUT2D eigenvalue weighted by Gasteiger charge is -2.44. The molecule has 0 spiro atoms. The molecule has 0 fully saturated rings. The minimum absolute atomic E-state index is 0.166. The van der Waals surface area contributed by atoms with E-state index in [1.54, 1.807) is 0 Å². The van der Waals surface area contributed by atoms with Gasteiger partial charge in [0.05, 0.1) is 11.5 Å². The van der Waals surface area contributed by atoms with Crippen molar-refractivity contribution in [3.63, 3.8) is 0 Å². The Bertz CT molecular complexity index is 1230. The summed E-state index contributed by atoms with van der Waals surface area (Å²) in [5.74, 6) is -1.28. The van der Waals surface area contributed by atoms with E-state index in [-0.39, 0.29) is 22.0 Å². The lowest BCUT2D eigenvalue weighted by molar-refractivity contribution is -0.138. The zero-order chi connectivity index (χ0) is 28.7. The highest BCUT2D eigenvalue weighted by molar-refractivity contribution is 5.76. The first-order chi connectivity index (χ1) is 17.3. The van der Waals surface area contributed by atoms with Crippen molar-refractivity contribution in [2.45, 2.75) is 98.5 Å². The van der Waals surface area contributed by atoms with Gasteiger partial charge in [0, 0.05) is 12.8 Å². The molecule has 4 heteroatoms. The Balaban J connectivity index is 2.12. The number of carbonyl (C=O) groups is 1. The van der Waals surface area contributed by atoms with Crippen LogP contribution in [0.2, 0.25) is 0 Å². The molecule has 0 aromatic heterocycles. The number of phenolic OH excluding ortho intramolecular Hbond substituents is 1. The second-order valence-corrected chi connectivity index (χ2v) is 14.0. The molecule has 2 aromatic rings. The number of allylic oxidation sites excluding steroid dienone is 2. The fourth-order valence-corrected chi connectivity index (χ4v) is 5.27. The van der Waals surface area contributed by atoms with Crippen LogP contribution >= 0.6 is 0 Å². The number of aliphatic hydroxyl groups is 1. The van der Waals surface area contributed by atoms with Gasteiger partial charge in [-0.3, -0.25) is 4.79 Å². The molecule has 2 atom stereocenters. The van der Waals surface area contributed by atoms with Gasteiger partial charge in [-0.15, -0.1) is 0 Å². The maximum absolute atomic E-state index is 12.3. The lowest BCUT2D eigenvalue weighted by Crippen LogP contribution is -2.44. The van der Waals surface area contributed by atoms with Crippen LogP contribution < -0.4 is 0 Å². The zero-order valence-electron chi connectivity index (χ0n) is 24.6. The Labute approximate surface area is 229 Å². The molecule has 38 heavy (non-hydrogen) atoms. The van der Waals surface area contributed by atoms with Crippen molar-refractivity contribution in [1.29, 1.82) is 0 Å². The number of aromatic hydroxyl groups is 1. The van der Waals surface area contributed by atoms with Crippen molar-refractivity contribution in [3.05, 3.63) is 88.0 Å². The van der Waals surface area contributed by atoms with Crippen molar-refractivity contribution in [1.82, 2.24) is 0 Å². The summed E-state index contributed by atoms with van der Waals surface area (Å²) in [6, 6.07) is 13.3. The minimum atomic E-state index is -0.954. The van der Waals surface area contributed by atoms with E-state index in [1.165, 1.54) is 5.57 Å². The van der Waals surface area contributed by atoms with Crippen LogP contribution in [0.25, 0.3) is 0 Å². The molecule has 206 valence electrons. The van der Waals surface area contributed by atoms with E-state index in [0.717, 1.165) is 27.8 Å². The normalized spacial score (nSPS) is 19.5. The van der Waals surface area contributed by atoms with E-state index in [2.05, 4.69) is 62.3 Å². The third kappa shape index (κ3) is 6.40. The first kappa shape index (κ1) is 29.7. The van der Waals surface area contributed by atoms with Crippen molar-refractivity contribution < 1.29 is 20.1 Å². The fraction of sp³-hybridized carbons (Fsp3) is 0.500. The molecule has 4 nitrogen and oxygen atoms in total. The third-order valence-corrected chi connectivity index (χ3v) is 7.98. The highest BCUT2D eigenvalue weighted by Gasteiger charge is 2.42. The average molecular weight is 519 g/mol. The van der Waals surface area contributed by atoms with Crippen LogP contribution in [0.15, 0.2) is 65.8 Å². The molecule has 1 aliphatic carbocycles. The number of hydrogen-bond acceptors (Lipinski definition) is 3. The molecule has 0 saturated carbocycles. The van der Waals surface area contributed by atoms with Gasteiger partial charge in [-0.2, -0.15) is 0 Å². The minimum Gasteiger partial charge on any atom is -0.507 e. The number of hydrogen-bond donors (Lipinski definition) is 3. The molecular weight excluding hydrogens is 472 g/mol. The van der Waals surface area contributed by atoms with Gasteiger partial charge in [0.2, 0.25) is 0 Å². The number of carboxylic acid groups (broad SMARTS) is 1. The van der Waals surface area contributed by atoms with Crippen LogP contribution in [-0.4, -0.2) is 26.9 Å². The molecule has 0 radical (unpaired) electrons. The first-order valence-corrected chi connectivity index (χ1v) is 13.6. The van der Waals surface area contributed by atoms with Gasteiger partial charge in [-0.05, 0) is 50.5 Å². The molecule has 0 heterocycles. The molecule has 0 amide bonds. The zero-order valence-corrected chi connectivity index (χ0v) is 24.6. The Hall–Kier alpha value is -2.85. The van der Waals surface area contributed by atoms with Gasteiger partial charge in [-0.25, -0.2) is 0 Å². The van der Waals surface area contributed by atoms with Gasteiger partial charge < -0.3 is 15.3 Å². The van der Waals surface area contributed by atoms with Gasteiger partial charge in [0.1, 0.15) is 5.75 Å². The van der Waals surface area contributed by atoms with E-state index in [4.69, 9.17) is 0 Å². The maximum atomic E-state index is 12.3. The molecule has 0 aliphatic heterocycles. The Morgan fingerprint density at radius 3 is 2.05 bits per heavy atom. The maximum Gasteiger partial charge on any atom is 0.311 e. The Morgan fingerprint density at radius 2 is 1.55 bits per heavy atom. The van der Waals surface area contributed by atoms with Crippen LogP contribution in [-0.2, 0) is 23.1 Å². The van der Waals surface area contributed by atoms with Crippen molar-refractivity contribution in [2.24, 2.45) is 10.8 Å². The average Bonchev–Trinajstić information content (AvgIpc) is 2.78. The Kier molecular flexibility index (Phi) is 8.11. The van der Waals surface area contributed by atoms with E-state index in [1.807, 2.05) is 54.6 Å². The summed E-state index contributed by atoms with van der Waals surface area (Å²) in [5, 5.41) is 33.0. The van der Waals surface area contributed by atoms with Crippen LogP contribution in [0, 0.1) is 10.8 Å². The number of phenols is 1. The van der Waals surface area contributed by atoms with E-state index >= 15 is 0 Å². The van der Waals surface area contributed by atoms with Gasteiger partial charge >= 0.3 is 5.97 Å². The SMILES string of the molecule is CC(C)(C)C1=C(Cc2cc(CC(C(=O)O)c3ccccc3)cc(C(C)(C)C)c2O)C=CC(O)(C(C)(C)C)C1. The van der Waals surface area contributed by atoms with Gasteiger partial charge in [0.25, 0.3) is 0 Å². The molecule has 1 aliphatic rings. The summed E-state index contributed by atoms with van der Waals surface area (Å²) >= 11 is 0. The molecule has 2 unspecified atom stereocenters. The van der Waals surface area contributed by atoms with Crippen LogP contribution in [0.3, 0.4) is 0 Å². The number of rotatable bonds is 6. The standard InChI is InChI=1S/C34H46O4/c1-31(2,3)27-19-22(18-26(30(36)37)23-13-11-10-12-14-23)17-25(29(27)35)20-24-15-16-34(38,33(7,8)9)21-28(24)32(4,5)6/h10-17,19,26,35,38H,18,20-21H2,1-9H3,(H,36,37). The number of benzene rings is 2. The highest BCUT2D eigenvalue weighted by atomic mass is 16.4. The van der Waals surface area contributed by atoms with Crippen LogP contribution in [0.4, 0.5) is 0 Å². The molecule has 0 bridgehead atoms. The fourth-order valence-electron chi connectivity index (χ4n) is 5.27. The monoisotopic (exact) mass is 518 g/mol. The highest BCUT2D eigenvalue weighted by Crippen LogP contribution is 2.47. The van der Waals surface area contributed by atoms with Crippen molar-refractivity contribution in [3.8, 4) is 5.75 Å². The molecule has 3 N–H and O–H groups in total. The van der Waals surface area contributed by atoms with Crippen LogP contribution in [0.1, 0.15) is 96.9 Å². The third-order valence-electron chi connectivity index (χ3n) is 7.98. The lowest BCUT2D eigenvalue weighted by atomic mass is 9.65. The van der Waals surface area contributed by atoms with Gasteiger partial charge in [-0.1, -0.05) is 123 Å². The topological polar surface area (TPSA) is 77.8 Å². The van der Waals surface area contributed by atoms with E-state index < -0.39 is 17.5 Å². The molecular formula is C34H46O4. The van der Waals surface area contributed by atoms with Crippen LogP contribution in [0.5, 0.6) is 5.75 Å². The summed E-state index contributed by atoms with van der Waals surface area (Å²) in [4.78, 5) is 12.3. The van der Waals surface area contributed by atoms with E-state index in [9.17, 15) is 20.1 Å². The number of aliphatic carboxylic acids is 1. The molecule has 3 rings (SSSR count). The van der Waals surface area contributed by atoms with Crippen molar-refractivity contribution >= 4 is 5.97 Å². The van der Waals surface area contributed by atoms with E-state index in [0.29, 0.717) is 19.3 Å².